The van der Waals surface area contributed by atoms with Crippen LogP contribution >= 0.6 is 0 Å². The van der Waals surface area contributed by atoms with Gasteiger partial charge in [-0.05, 0) is 43.5 Å². The number of carbonyl (C=O) groups excluding carboxylic acids is 2. The summed E-state index contributed by atoms with van der Waals surface area (Å²) in [6, 6.07) is 4.58. The van der Waals surface area contributed by atoms with E-state index in [4.69, 9.17) is 5.11 Å². The van der Waals surface area contributed by atoms with Gasteiger partial charge in [0.1, 0.15) is 0 Å². The number of aromatic carboxylic acids is 1. The topological polar surface area (TPSA) is 74.7 Å². The summed E-state index contributed by atoms with van der Waals surface area (Å²) in [5, 5.41) is 9.01. The van der Waals surface area contributed by atoms with E-state index in [0.717, 1.165) is 19.3 Å². The van der Waals surface area contributed by atoms with Gasteiger partial charge in [0.25, 0.3) is 0 Å². The Balaban J connectivity index is 1.98. The van der Waals surface area contributed by atoms with Crippen LogP contribution in [0.25, 0.3) is 0 Å². The van der Waals surface area contributed by atoms with Crippen LogP contribution in [0.4, 0.5) is 5.69 Å². The summed E-state index contributed by atoms with van der Waals surface area (Å²) in [6.45, 7) is 1.67. The average Bonchev–Trinajstić information content (AvgIpc) is 2.94. The molecule has 0 aromatic heterocycles. The van der Waals surface area contributed by atoms with Crippen molar-refractivity contribution in [2.45, 2.75) is 26.2 Å². The van der Waals surface area contributed by atoms with Gasteiger partial charge in [-0.1, -0.05) is 6.42 Å². The summed E-state index contributed by atoms with van der Waals surface area (Å²) < 4.78 is 0. The number of nitrogens with zero attached hydrogens (tertiary/aromatic N) is 1. The number of carboxylic acids is 1. The highest BCUT2D eigenvalue weighted by molar-refractivity contribution is 6.22. The average molecular weight is 273 g/mol. The number of imide groups is 1. The van der Waals surface area contributed by atoms with E-state index in [0.29, 0.717) is 11.3 Å². The lowest BCUT2D eigenvalue weighted by Crippen LogP contribution is -2.31. The van der Waals surface area contributed by atoms with Gasteiger partial charge in [0.05, 0.1) is 23.1 Å². The van der Waals surface area contributed by atoms with Gasteiger partial charge in [0, 0.05) is 0 Å². The second-order valence-corrected chi connectivity index (χ2v) is 5.46. The first-order valence-electron chi connectivity index (χ1n) is 6.72. The Hall–Kier alpha value is -2.17. The molecule has 104 valence electrons. The molecule has 1 N–H and O–H groups in total. The molecule has 2 unspecified atom stereocenters. The molecule has 0 bridgehead atoms. The number of anilines is 1. The van der Waals surface area contributed by atoms with E-state index in [1.54, 1.807) is 13.0 Å². The minimum Gasteiger partial charge on any atom is -0.478 e. The molecule has 5 heteroatoms. The van der Waals surface area contributed by atoms with Gasteiger partial charge in [-0.2, -0.15) is 0 Å². The first-order valence-corrected chi connectivity index (χ1v) is 6.72. The van der Waals surface area contributed by atoms with Crippen molar-refractivity contribution in [2.24, 2.45) is 11.8 Å². The van der Waals surface area contributed by atoms with Crippen molar-refractivity contribution in [1.29, 1.82) is 0 Å². The maximum Gasteiger partial charge on any atom is 0.335 e. The summed E-state index contributed by atoms with van der Waals surface area (Å²) >= 11 is 0. The molecular formula is C15H15NO4. The van der Waals surface area contributed by atoms with Gasteiger partial charge in [-0.25, -0.2) is 4.79 Å². The highest BCUT2D eigenvalue weighted by Crippen LogP contribution is 2.41. The number of fused-ring (bicyclic) bond motifs is 1. The van der Waals surface area contributed by atoms with Crippen LogP contribution in [0, 0.1) is 18.8 Å². The van der Waals surface area contributed by atoms with Gasteiger partial charge in [-0.15, -0.1) is 0 Å². The maximum absolute atomic E-state index is 12.3. The molecule has 2 atom stereocenters. The monoisotopic (exact) mass is 273 g/mol. The highest BCUT2D eigenvalue weighted by atomic mass is 16.4. The molecule has 1 aromatic rings. The second-order valence-electron chi connectivity index (χ2n) is 5.46. The van der Waals surface area contributed by atoms with Gasteiger partial charge in [0.2, 0.25) is 11.8 Å². The molecule has 1 aliphatic carbocycles. The lowest BCUT2D eigenvalue weighted by Gasteiger charge is -2.17. The zero-order chi connectivity index (χ0) is 14.4. The van der Waals surface area contributed by atoms with Gasteiger partial charge in [0.15, 0.2) is 0 Å². The molecule has 1 aliphatic heterocycles. The van der Waals surface area contributed by atoms with Crippen molar-refractivity contribution < 1.29 is 19.5 Å². The van der Waals surface area contributed by atoms with E-state index < -0.39 is 5.97 Å². The van der Waals surface area contributed by atoms with Crippen molar-refractivity contribution in [3.05, 3.63) is 29.3 Å². The second kappa shape index (κ2) is 4.44. The van der Waals surface area contributed by atoms with Crippen LogP contribution in [0.2, 0.25) is 0 Å². The van der Waals surface area contributed by atoms with Crippen molar-refractivity contribution in [1.82, 2.24) is 0 Å². The SMILES string of the molecule is Cc1cc(N2C(=O)C3CCCC3C2=O)ccc1C(=O)O. The zero-order valence-corrected chi connectivity index (χ0v) is 11.1. The highest BCUT2D eigenvalue weighted by Gasteiger charge is 2.50. The fraction of sp³-hybridized carbons (Fsp3) is 0.400. The largest absolute Gasteiger partial charge is 0.478 e. The van der Waals surface area contributed by atoms with Crippen LogP contribution in [0.15, 0.2) is 18.2 Å². The lowest BCUT2D eigenvalue weighted by molar-refractivity contribution is -0.122. The summed E-state index contributed by atoms with van der Waals surface area (Å²) in [5.41, 5.74) is 1.22. The summed E-state index contributed by atoms with van der Waals surface area (Å²) in [4.78, 5) is 36.9. The fourth-order valence-corrected chi connectivity index (χ4v) is 3.27. The summed E-state index contributed by atoms with van der Waals surface area (Å²) in [6.07, 6.45) is 2.48. The van der Waals surface area contributed by atoms with Crippen molar-refractivity contribution in [2.75, 3.05) is 4.90 Å². The van der Waals surface area contributed by atoms with E-state index in [1.807, 2.05) is 0 Å². The molecule has 3 rings (SSSR count). The van der Waals surface area contributed by atoms with Crippen LogP contribution in [0.3, 0.4) is 0 Å². The zero-order valence-electron chi connectivity index (χ0n) is 11.1. The molecule has 2 aliphatic rings. The Morgan fingerprint density at radius 2 is 1.80 bits per heavy atom. The van der Waals surface area contributed by atoms with Crippen molar-refractivity contribution in [3.63, 3.8) is 0 Å². The van der Waals surface area contributed by atoms with Gasteiger partial charge < -0.3 is 5.11 Å². The minimum absolute atomic E-state index is 0.139. The number of hydrogen-bond acceptors (Lipinski definition) is 3. The third-order valence-corrected chi connectivity index (χ3v) is 4.29. The van der Waals surface area contributed by atoms with E-state index in [9.17, 15) is 14.4 Å². The normalized spacial score (nSPS) is 25.1. The fourth-order valence-electron chi connectivity index (χ4n) is 3.27. The number of benzene rings is 1. The lowest BCUT2D eigenvalue weighted by atomic mass is 10.00. The quantitative estimate of drug-likeness (QED) is 0.836. The van der Waals surface area contributed by atoms with Crippen LogP contribution in [0.5, 0.6) is 0 Å². The molecule has 1 aromatic carbocycles. The number of hydrogen-bond donors (Lipinski definition) is 1. The predicted molar refractivity (Wildman–Crippen MR) is 71.5 cm³/mol. The smallest absolute Gasteiger partial charge is 0.335 e. The Labute approximate surface area is 116 Å². The van der Waals surface area contributed by atoms with E-state index in [2.05, 4.69) is 0 Å². The molecule has 0 spiro atoms. The molecule has 2 fully saturated rings. The van der Waals surface area contributed by atoms with E-state index in [-0.39, 0.29) is 29.2 Å². The molecule has 0 radical (unpaired) electrons. The number of carbonyl (C=O) groups is 3. The number of aryl methyl sites for hydroxylation is 1. The number of rotatable bonds is 2. The van der Waals surface area contributed by atoms with Crippen LogP contribution in [-0.2, 0) is 9.59 Å². The summed E-state index contributed by atoms with van der Waals surface area (Å²) in [7, 11) is 0. The molecule has 1 heterocycles. The van der Waals surface area contributed by atoms with Crippen LogP contribution in [-0.4, -0.2) is 22.9 Å². The molecule has 2 amide bonds. The van der Waals surface area contributed by atoms with Crippen molar-refractivity contribution in [3.8, 4) is 0 Å². The third kappa shape index (κ3) is 1.73. The van der Waals surface area contributed by atoms with Crippen LogP contribution < -0.4 is 4.90 Å². The first-order chi connectivity index (χ1) is 9.50. The first kappa shape index (κ1) is 12.8. The Bertz CT molecular complexity index is 600. The van der Waals surface area contributed by atoms with Gasteiger partial charge in [-0.3, -0.25) is 14.5 Å². The molecule has 1 saturated carbocycles. The standard InChI is InChI=1S/C15H15NO4/c1-8-7-9(5-6-10(8)15(19)20)16-13(17)11-3-2-4-12(11)14(16)18/h5-7,11-12H,2-4H2,1H3,(H,19,20). The molecule has 5 nitrogen and oxygen atoms in total. The minimum atomic E-state index is -1.01. The number of amides is 2. The molecular weight excluding hydrogens is 258 g/mol. The van der Waals surface area contributed by atoms with E-state index >= 15 is 0 Å². The molecule has 1 saturated heterocycles. The summed E-state index contributed by atoms with van der Waals surface area (Å²) in [5.74, 6) is -1.64. The maximum atomic E-state index is 12.3. The Kier molecular flexibility index (Phi) is 2.85. The predicted octanol–water partition coefficient (Wildman–Crippen LogP) is 1.98. The molecule has 20 heavy (non-hydrogen) atoms. The van der Waals surface area contributed by atoms with Crippen molar-refractivity contribution >= 4 is 23.5 Å². The van der Waals surface area contributed by atoms with Crippen LogP contribution in [0.1, 0.15) is 35.2 Å². The van der Waals surface area contributed by atoms with E-state index in [1.165, 1.54) is 17.0 Å². The number of carboxylic acid groups (broad SMARTS) is 1. The van der Waals surface area contributed by atoms with Gasteiger partial charge >= 0.3 is 5.97 Å². The Morgan fingerprint density at radius 1 is 1.20 bits per heavy atom. The Morgan fingerprint density at radius 3 is 2.30 bits per heavy atom. The third-order valence-electron chi connectivity index (χ3n) is 4.29.